The Morgan fingerprint density at radius 3 is 2.45 bits per heavy atom. The van der Waals surface area contributed by atoms with Crippen molar-refractivity contribution < 1.29 is 9.90 Å². The van der Waals surface area contributed by atoms with E-state index in [1.54, 1.807) is 12.1 Å². The first kappa shape index (κ1) is 15.6. The number of carboxylic acid groups (broad SMARTS) is 1. The Labute approximate surface area is 129 Å². The quantitative estimate of drug-likeness (QED) is 0.900. The van der Waals surface area contributed by atoms with Gasteiger partial charge in [-0.2, -0.15) is 0 Å². The monoisotopic (exact) mass is 315 g/mol. The second kappa shape index (κ2) is 5.55. The first-order chi connectivity index (χ1) is 9.20. The fourth-order valence-electron chi connectivity index (χ4n) is 2.72. The molecule has 0 bridgehead atoms. The number of rotatable bonds is 2. The molecule has 3 nitrogen and oxygen atoms in total. The van der Waals surface area contributed by atoms with Crippen LogP contribution in [0.3, 0.4) is 0 Å². The Morgan fingerprint density at radius 1 is 1.30 bits per heavy atom. The first-order valence-corrected chi connectivity index (χ1v) is 7.38. The van der Waals surface area contributed by atoms with Crippen LogP contribution in [0.4, 0.5) is 0 Å². The number of likely N-dealkylation sites (tertiary alicyclic amines) is 1. The highest BCUT2D eigenvalue weighted by molar-refractivity contribution is 6.35. The molecule has 1 aromatic carbocycles. The fraction of sp³-hybridized carbons (Fsp3) is 0.533. The molecule has 0 spiro atoms. The maximum atomic E-state index is 11.5. The summed E-state index contributed by atoms with van der Waals surface area (Å²) in [6.45, 7) is 7.53. The topological polar surface area (TPSA) is 40.5 Å². The van der Waals surface area contributed by atoms with Crippen molar-refractivity contribution >= 4 is 29.2 Å². The number of nitrogens with zero attached hydrogens (tertiary/aromatic N) is 1. The van der Waals surface area contributed by atoms with E-state index in [1.807, 2.05) is 6.07 Å². The van der Waals surface area contributed by atoms with Crippen LogP contribution in [0.15, 0.2) is 18.2 Å². The highest BCUT2D eigenvalue weighted by Crippen LogP contribution is 2.39. The summed E-state index contributed by atoms with van der Waals surface area (Å²) in [5, 5.41) is 10.6. The van der Waals surface area contributed by atoms with E-state index in [2.05, 4.69) is 25.7 Å². The Bertz CT molecular complexity index is 525. The van der Waals surface area contributed by atoms with Crippen molar-refractivity contribution in [1.29, 1.82) is 0 Å². The molecule has 0 unspecified atom stereocenters. The number of benzene rings is 1. The average molecular weight is 316 g/mol. The minimum atomic E-state index is -0.771. The van der Waals surface area contributed by atoms with E-state index < -0.39 is 11.9 Å². The summed E-state index contributed by atoms with van der Waals surface area (Å²) < 4.78 is 0. The zero-order valence-electron chi connectivity index (χ0n) is 11.9. The van der Waals surface area contributed by atoms with Gasteiger partial charge in [0.1, 0.15) is 0 Å². The van der Waals surface area contributed by atoms with Crippen molar-refractivity contribution in [3.05, 3.63) is 33.8 Å². The number of aliphatic carboxylic acids is 1. The van der Waals surface area contributed by atoms with E-state index >= 15 is 0 Å². The molecule has 1 aliphatic rings. The molecule has 5 heteroatoms. The SMILES string of the molecule is CC(C)(C)N1C[C@H](C(=O)O)[C@@H](c2ccc(Cl)cc2Cl)C1. The van der Waals surface area contributed by atoms with Gasteiger partial charge in [-0.1, -0.05) is 29.3 Å². The average Bonchev–Trinajstić information content (AvgIpc) is 2.73. The normalized spacial score (nSPS) is 24.1. The molecule has 2 rings (SSSR count). The van der Waals surface area contributed by atoms with Crippen LogP contribution in [0.1, 0.15) is 32.3 Å². The van der Waals surface area contributed by atoms with Crippen LogP contribution >= 0.6 is 23.2 Å². The molecule has 0 radical (unpaired) electrons. The van der Waals surface area contributed by atoms with Gasteiger partial charge in [-0.05, 0) is 38.5 Å². The first-order valence-electron chi connectivity index (χ1n) is 6.63. The van der Waals surface area contributed by atoms with Crippen molar-refractivity contribution in [3.8, 4) is 0 Å². The maximum Gasteiger partial charge on any atom is 0.308 e. The minimum absolute atomic E-state index is 0.0542. The molecule has 20 heavy (non-hydrogen) atoms. The lowest BCUT2D eigenvalue weighted by atomic mass is 9.89. The number of hydrogen-bond acceptors (Lipinski definition) is 2. The van der Waals surface area contributed by atoms with Gasteiger partial charge in [-0.15, -0.1) is 0 Å². The highest BCUT2D eigenvalue weighted by Gasteiger charge is 2.42. The number of carboxylic acids is 1. The Kier molecular flexibility index (Phi) is 4.33. The van der Waals surface area contributed by atoms with Crippen LogP contribution in [0.2, 0.25) is 10.0 Å². The Morgan fingerprint density at radius 2 is 1.95 bits per heavy atom. The summed E-state index contributed by atoms with van der Waals surface area (Å²) in [5.74, 6) is -1.31. The number of halogens is 2. The van der Waals surface area contributed by atoms with E-state index in [1.165, 1.54) is 0 Å². The molecule has 1 fully saturated rings. The summed E-state index contributed by atoms with van der Waals surface area (Å²) in [5.41, 5.74) is 0.816. The van der Waals surface area contributed by atoms with Gasteiger partial charge in [0, 0.05) is 34.6 Å². The van der Waals surface area contributed by atoms with Crippen LogP contribution in [0.25, 0.3) is 0 Å². The molecule has 0 amide bonds. The van der Waals surface area contributed by atoms with Crippen LogP contribution < -0.4 is 0 Å². The largest absolute Gasteiger partial charge is 0.481 e. The van der Waals surface area contributed by atoms with Crippen LogP contribution in [-0.2, 0) is 4.79 Å². The lowest BCUT2D eigenvalue weighted by Gasteiger charge is -2.31. The van der Waals surface area contributed by atoms with E-state index in [0.29, 0.717) is 23.1 Å². The Balaban J connectivity index is 2.35. The van der Waals surface area contributed by atoms with Gasteiger partial charge >= 0.3 is 5.97 Å². The van der Waals surface area contributed by atoms with Gasteiger partial charge in [0.2, 0.25) is 0 Å². The van der Waals surface area contributed by atoms with Gasteiger partial charge in [-0.3, -0.25) is 9.69 Å². The summed E-state index contributed by atoms with van der Waals surface area (Å²) in [4.78, 5) is 13.7. The molecular formula is C15H19Cl2NO2. The lowest BCUT2D eigenvalue weighted by Crippen LogP contribution is -2.40. The second-order valence-electron chi connectivity index (χ2n) is 6.29. The van der Waals surface area contributed by atoms with Gasteiger partial charge in [0.15, 0.2) is 0 Å². The van der Waals surface area contributed by atoms with Crippen LogP contribution in [-0.4, -0.2) is 34.6 Å². The predicted octanol–water partition coefficient (Wildman–Crippen LogP) is 3.89. The molecule has 1 aliphatic heterocycles. The third-order valence-electron chi connectivity index (χ3n) is 3.95. The summed E-state index contributed by atoms with van der Waals surface area (Å²) >= 11 is 12.2. The standard InChI is InChI=1S/C15H19Cl2NO2/c1-15(2,3)18-7-11(12(8-18)14(19)20)10-5-4-9(16)6-13(10)17/h4-6,11-12H,7-8H2,1-3H3,(H,19,20)/t11-,12+/m1/s1. The van der Waals surface area contributed by atoms with Gasteiger partial charge in [-0.25, -0.2) is 0 Å². The lowest BCUT2D eigenvalue weighted by molar-refractivity contribution is -0.141. The van der Waals surface area contributed by atoms with Crippen molar-refractivity contribution in [2.45, 2.75) is 32.2 Å². The molecule has 1 saturated heterocycles. The minimum Gasteiger partial charge on any atom is -0.481 e. The molecule has 2 atom stereocenters. The Hall–Kier alpha value is -0.770. The van der Waals surface area contributed by atoms with Gasteiger partial charge < -0.3 is 5.11 Å². The zero-order chi connectivity index (χ0) is 15.1. The molecule has 1 N–H and O–H groups in total. The van der Waals surface area contributed by atoms with E-state index in [-0.39, 0.29) is 11.5 Å². The zero-order valence-corrected chi connectivity index (χ0v) is 13.4. The van der Waals surface area contributed by atoms with Gasteiger partial charge in [0.05, 0.1) is 5.92 Å². The summed E-state index contributed by atoms with van der Waals surface area (Å²) in [6, 6.07) is 5.29. The number of carbonyl (C=O) groups is 1. The van der Waals surface area contributed by atoms with Crippen molar-refractivity contribution in [1.82, 2.24) is 4.90 Å². The van der Waals surface area contributed by atoms with Crippen molar-refractivity contribution in [3.63, 3.8) is 0 Å². The molecule has 110 valence electrons. The fourth-order valence-corrected chi connectivity index (χ4v) is 3.27. The summed E-state index contributed by atoms with van der Waals surface area (Å²) in [7, 11) is 0. The van der Waals surface area contributed by atoms with E-state index in [9.17, 15) is 9.90 Å². The smallest absolute Gasteiger partial charge is 0.308 e. The molecule has 1 aromatic rings. The van der Waals surface area contributed by atoms with Crippen molar-refractivity contribution in [2.24, 2.45) is 5.92 Å². The van der Waals surface area contributed by atoms with Crippen LogP contribution in [0, 0.1) is 5.92 Å². The second-order valence-corrected chi connectivity index (χ2v) is 7.14. The maximum absolute atomic E-state index is 11.5. The molecular weight excluding hydrogens is 297 g/mol. The summed E-state index contributed by atoms with van der Waals surface area (Å²) in [6.07, 6.45) is 0. The van der Waals surface area contributed by atoms with Gasteiger partial charge in [0.25, 0.3) is 0 Å². The molecule has 0 aromatic heterocycles. The molecule has 1 heterocycles. The molecule has 0 saturated carbocycles. The third-order valence-corrected chi connectivity index (χ3v) is 4.51. The predicted molar refractivity (Wildman–Crippen MR) is 81.7 cm³/mol. The van der Waals surface area contributed by atoms with Crippen molar-refractivity contribution in [2.75, 3.05) is 13.1 Å². The molecule has 0 aliphatic carbocycles. The number of hydrogen-bond donors (Lipinski definition) is 1. The van der Waals surface area contributed by atoms with E-state index in [4.69, 9.17) is 23.2 Å². The third kappa shape index (κ3) is 3.11. The van der Waals surface area contributed by atoms with Crippen LogP contribution in [0.5, 0.6) is 0 Å². The van der Waals surface area contributed by atoms with E-state index in [0.717, 1.165) is 5.56 Å². The highest BCUT2D eigenvalue weighted by atomic mass is 35.5.